The van der Waals surface area contributed by atoms with Crippen LogP contribution in [0.1, 0.15) is 45.4 Å². The summed E-state index contributed by atoms with van der Waals surface area (Å²) in [4.78, 5) is 25.4. The van der Waals surface area contributed by atoms with E-state index >= 15 is 0 Å². The Kier molecular flexibility index (Phi) is 5.23. The second kappa shape index (κ2) is 6.92. The van der Waals surface area contributed by atoms with Crippen LogP contribution in [-0.4, -0.2) is 53.2 Å². The number of hydrogen-bond acceptors (Lipinski definition) is 3. The number of nitrogens with zero attached hydrogens (tertiary/aromatic N) is 1. The van der Waals surface area contributed by atoms with Crippen LogP contribution in [0.4, 0.5) is 4.79 Å². The molecule has 0 saturated carbocycles. The molecule has 0 radical (unpaired) electrons. The highest BCUT2D eigenvalue weighted by Gasteiger charge is 2.36. The van der Waals surface area contributed by atoms with Gasteiger partial charge in [-0.1, -0.05) is 19.8 Å². The van der Waals surface area contributed by atoms with Gasteiger partial charge in [-0.15, -0.1) is 0 Å². The minimum absolute atomic E-state index is 0.159. The van der Waals surface area contributed by atoms with Crippen molar-refractivity contribution >= 4 is 12.0 Å². The fourth-order valence-corrected chi connectivity index (χ4v) is 3.33. The first-order valence-electron chi connectivity index (χ1n) is 7.65. The zero-order valence-corrected chi connectivity index (χ0v) is 12.1. The summed E-state index contributed by atoms with van der Waals surface area (Å²) in [6.45, 7) is 4.07. The van der Waals surface area contributed by atoms with Crippen molar-refractivity contribution in [3.05, 3.63) is 0 Å². The predicted octanol–water partition coefficient (Wildman–Crippen LogP) is 1.17. The number of amides is 2. The van der Waals surface area contributed by atoms with E-state index in [1.807, 2.05) is 6.92 Å². The largest absolute Gasteiger partial charge is 0.480 e. The maximum Gasteiger partial charge on any atom is 0.326 e. The number of carbonyl (C=O) groups is 2. The number of piperidine rings is 1. The molecule has 2 aliphatic heterocycles. The predicted molar refractivity (Wildman–Crippen MR) is 75.6 cm³/mol. The molecular formula is C14H25N3O3. The van der Waals surface area contributed by atoms with Gasteiger partial charge >= 0.3 is 12.0 Å². The van der Waals surface area contributed by atoms with E-state index in [1.165, 1.54) is 12.8 Å². The average Bonchev–Trinajstić information content (AvgIpc) is 2.81. The molecule has 2 unspecified atom stereocenters. The Bertz CT molecular complexity index is 362. The molecule has 0 aromatic heterocycles. The lowest BCUT2D eigenvalue weighted by Gasteiger charge is -2.32. The first kappa shape index (κ1) is 15.1. The molecule has 20 heavy (non-hydrogen) atoms. The summed E-state index contributed by atoms with van der Waals surface area (Å²) in [5.74, 6) is -0.965. The first-order valence-corrected chi connectivity index (χ1v) is 7.65. The number of rotatable bonds is 5. The van der Waals surface area contributed by atoms with Crippen LogP contribution in [0, 0.1) is 0 Å². The van der Waals surface area contributed by atoms with Crippen molar-refractivity contribution in [2.45, 2.75) is 63.6 Å². The van der Waals surface area contributed by atoms with E-state index in [1.54, 1.807) is 0 Å². The van der Waals surface area contributed by atoms with Crippen LogP contribution in [-0.2, 0) is 4.79 Å². The summed E-state index contributed by atoms with van der Waals surface area (Å²) < 4.78 is 0. The summed E-state index contributed by atoms with van der Waals surface area (Å²) in [7, 11) is 0. The number of nitrogens with one attached hydrogen (secondary N) is 2. The maximum absolute atomic E-state index is 12.0. The van der Waals surface area contributed by atoms with Crippen molar-refractivity contribution in [2.24, 2.45) is 0 Å². The Morgan fingerprint density at radius 2 is 2.10 bits per heavy atom. The highest BCUT2D eigenvalue weighted by Crippen LogP contribution is 2.26. The van der Waals surface area contributed by atoms with Crippen LogP contribution < -0.4 is 10.6 Å². The highest BCUT2D eigenvalue weighted by atomic mass is 16.4. The van der Waals surface area contributed by atoms with E-state index in [2.05, 4.69) is 15.5 Å². The molecule has 6 nitrogen and oxygen atoms in total. The zero-order valence-electron chi connectivity index (χ0n) is 12.1. The number of urea groups is 1. The third-order valence-corrected chi connectivity index (χ3v) is 4.35. The third-order valence-electron chi connectivity index (χ3n) is 4.35. The summed E-state index contributed by atoms with van der Waals surface area (Å²) >= 11 is 0. The molecule has 2 heterocycles. The molecule has 114 valence electrons. The Labute approximate surface area is 119 Å². The Morgan fingerprint density at radius 1 is 1.30 bits per heavy atom. The molecule has 6 heteroatoms. The van der Waals surface area contributed by atoms with Crippen molar-refractivity contribution in [2.75, 3.05) is 13.1 Å². The standard InChI is InChI=1S/C14H25N3O3/c1-2-5-11(13(18)19)16-14(20)15-10-7-9-17-8-4-3-6-12(10)17/h10-12H,2-9H2,1H3,(H,18,19)(H2,15,16,20)/t10?,11-,12?/m1/s1. The van der Waals surface area contributed by atoms with E-state index < -0.39 is 12.0 Å². The summed E-state index contributed by atoms with van der Waals surface area (Å²) in [6, 6.07) is -0.539. The van der Waals surface area contributed by atoms with E-state index in [4.69, 9.17) is 5.11 Å². The lowest BCUT2D eigenvalue weighted by molar-refractivity contribution is -0.139. The zero-order chi connectivity index (χ0) is 14.5. The fraction of sp³-hybridized carbons (Fsp3) is 0.857. The van der Waals surface area contributed by atoms with E-state index in [0.717, 1.165) is 32.4 Å². The van der Waals surface area contributed by atoms with Crippen molar-refractivity contribution in [3.63, 3.8) is 0 Å². The molecule has 2 aliphatic rings. The van der Waals surface area contributed by atoms with Gasteiger partial charge in [0, 0.05) is 18.6 Å². The monoisotopic (exact) mass is 283 g/mol. The number of carbonyl (C=O) groups excluding carboxylic acids is 1. The lowest BCUT2D eigenvalue weighted by atomic mass is 9.99. The quantitative estimate of drug-likeness (QED) is 0.707. The molecule has 0 spiro atoms. The SMILES string of the molecule is CCC[C@@H](NC(=O)NC1CCN2CCCCC12)C(=O)O. The van der Waals surface area contributed by atoms with E-state index in [0.29, 0.717) is 12.5 Å². The van der Waals surface area contributed by atoms with Gasteiger partial charge < -0.3 is 15.7 Å². The number of carboxylic acids is 1. The van der Waals surface area contributed by atoms with Gasteiger partial charge in [-0.25, -0.2) is 9.59 Å². The van der Waals surface area contributed by atoms with Crippen molar-refractivity contribution in [1.29, 1.82) is 0 Å². The van der Waals surface area contributed by atoms with Crippen LogP contribution in [0.3, 0.4) is 0 Å². The first-order chi connectivity index (χ1) is 9.61. The minimum Gasteiger partial charge on any atom is -0.480 e. The normalized spacial score (nSPS) is 27.6. The minimum atomic E-state index is -0.965. The Hall–Kier alpha value is -1.30. The Morgan fingerprint density at radius 3 is 2.80 bits per heavy atom. The van der Waals surface area contributed by atoms with Crippen molar-refractivity contribution in [1.82, 2.24) is 15.5 Å². The van der Waals surface area contributed by atoms with Gasteiger partial charge in [-0.2, -0.15) is 0 Å². The fourth-order valence-electron chi connectivity index (χ4n) is 3.33. The van der Waals surface area contributed by atoms with E-state index in [-0.39, 0.29) is 12.1 Å². The molecule has 2 fully saturated rings. The van der Waals surface area contributed by atoms with Gasteiger partial charge in [0.05, 0.1) is 0 Å². The van der Waals surface area contributed by atoms with Gasteiger partial charge in [0.15, 0.2) is 0 Å². The molecule has 3 N–H and O–H groups in total. The molecule has 0 aromatic carbocycles. The third kappa shape index (κ3) is 3.62. The maximum atomic E-state index is 12.0. The average molecular weight is 283 g/mol. The lowest BCUT2D eigenvalue weighted by Crippen LogP contribution is -2.52. The van der Waals surface area contributed by atoms with Crippen molar-refractivity contribution < 1.29 is 14.7 Å². The second-order valence-electron chi connectivity index (χ2n) is 5.79. The summed E-state index contributed by atoms with van der Waals surface area (Å²) in [6.07, 6.45) is 5.74. The Balaban J connectivity index is 1.83. The van der Waals surface area contributed by atoms with Gasteiger partial charge in [0.2, 0.25) is 0 Å². The summed E-state index contributed by atoms with van der Waals surface area (Å²) in [5, 5.41) is 14.6. The molecular weight excluding hydrogens is 258 g/mol. The van der Waals surface area contributed by atoms with Crippen LogP contribution in [0.2, 0.25) is 0 Å². The number of carboxylic acid groups (broad SMARTS) is 1. The second-order valence-corrected chi connectivity index (χ2v) is 5.79. The number of aliphatic carboxylic acids is 1. The van der Waals surface area contributed by atoms with Gasteiger partial charge in [0.1, 0.15) is 6.04 Å². The van der Waals surface area contributed by atoms with Crippen molar-refractivity contribution in [3.8, 4) is 0 Å². The molecule has 0 aromatic rings. The van der Waals surface area contributed by atoms with Crippen LogP contribution in [0.5, 0.6) is 0 Å². The summed E-state index contributed by atoms with van der Waals surface area (Å²) in [5.41, 5.74) is 0. The topological polar surface area (TPSA) is 81.7 Å². The molecule has 2 amide bonds. The van der Waals surface area contributed by atoms with Crippen LogP contribution >= 0.6 is 0 Å². The van der Waals surface area contributed by atoms with Crippen LogP contribution in [0.15, 0.2) is 0 Å². The number of hydrogen-bond donors (Lipinski definition) is 3. The smallest absolute Gasteiger partial charge is 0.326 e. The van der Waals surface area contributed by atoms with Gasteiger partial charge in [0.25, 0.3) is 0 Å². The highest BCUT2D eigenvalue weighted by molar-refractivity contribution is 5.82. The number of fused-ring (bicyclic) bond motifs is 1. The van der Waals surface area contributed by atoms with E-state index in [9.17, 15) is 9.59 Å². The molecule has 3 atom stereocenters. The van der Waals surface area contributed by atoms with Crippen LogP contribution in [0.25, 0.3) is 0 Å². The molecule has 2 saturated heterocycles. The molecule has 0 aliphatic carbocycles. The van der Waals surface area contributed by atoms with Gasteiger partial charge in [-0.3, -0.25) is 4.90 Å². The molecule has 2 rings (SSSR count). The molecule has 0 bridgehead atoms. The van der Waals surface area contributed by atoms with Gasteiger partial charge in [-0.05, 0) is 32.2 Å².